The van der Waals surface area contributed by atoms with E-state index in [0.29, 0.717) is 16.9 Å². The molecule has 3 rings (SSSR count). The van der Waals surface area contributed by atoms with E-state index in [1.807, 2.05) is 49.3 Å². The van der Waals surface area contributed by atoms with Crippen LogP contribution < -0.4 is 15.5 Å². The number of carbonyl (C=O) groups excluding carboxylic acids is 1. The molecule has 0 atom stereocenters. The first-order chi connectivity index (χ1) is 13.0. The van der Waals surface area contributed by atoms with Gasteiger partial charge in [0.25, 0.3) is 5.91 Å². The standard InChI is InChI=1S/C21H19N5O/c1-26(2)19-9-7-17(8-10-19)25-21(27)16-6-11-20(23-14-16)24-18-5-3-4-15(12-18)13-22/h3-12,14H,1-2H3,(H,23,24)(H,25,27). The number of anilines is 4. The Hall–Kier alpha value is -3.85. The van der Waals surface area contributed by atoms with Gasteiger partial charge >= 0.3 is 0 Å². The number of benzene rings is 2. The van der Waals surface area contributed by atoms with Crippen LogP contribution in [0.1, 0.15) is 15.9 Å². The predicted molar refractivity (Wildman–Crippen MR) is 107 cm³/mol. The molecule has 2 aromatic carbocycles. The Morgan fingerprint density at radius 3 is 2.44 bits per heavy atom. The number of nitrogens with zero attached hydrogens (tertiary/aromatic N) is 3. The molecule has 1 amide bonds. The number of nitriles is 1. The third-order valence-corrected chi connectivity index (χ3v) is 3.93. The van der Waals surface area contributed by atoms with Crippen LogP contribution in [-0.2, 0) is 0 Å². The van der Waals surface area contributed by atoms with Crippen molar-refractivity contribution >= 4 is 28.8 Å². The van der Waals surface area contributed by atoms with Crippen LogP contribution in [-0.4, -0.2) is 25.0 Å². The average molecular weight is 357 g/mol. The molecule has 0 saturated heterocycles. The van der Waals surface area contributed by atoms with E-state index in [1.165, 1.54) is 6.20 Å². The molecule has 0 fully saturated rings. The van der Waals surface area contributed by atoms with Crippen LogP contribution in [0.5, 0.6) is 0 Å². The highest BCUT2D eigenvalue weighted by Gasteiger charge is 2.07. The molecule has 0 aliphatic rings. The Morgan fingerprint density at radius 1 is 1.04 bits per heavy atom. The van der Waals surface area contributed by atoms with Crippen molar-refractivity contribution in [1.29, 1.82) is 5.26 Å². The quantitative estimate of drug-likeness (QED) is 0.721. The molecule has 27 heavy (non-hydrogen) atoms. The maximum atomic E-state index is 12.4. The molecule has 1 aromatic heterocycles. The summed E-state index contributed by atoms with van der Waals surface area (Å²) in [5, 5.41) is 14.9. The molecule has 3 aromatic rings. The van der Waals surface area contributed by atoms with E-state index in [2.05, 4.69) is 21.7 Å². The van der Waals surface area contributed by atoms with Crippen LogP contribution in [0.3, 0.4) is 0 Å². The second-order valence-electron chi connectivity index (χ2n) is 6.15. The van der Waals surface area contributed by atoms with Crippen molar-refractivity contribution < 1.29 is 4.79 Å². The third kappa shape index (κ3) is 4.61. The maximum Gasteiger partial charge on any atom is 0.257 e. The second kappa shape index (κ2) is 8.02. The van der Waals surface area contributed by atoms with Crippen LogP contribution in [0.25, 0.3) is 0 Å². The number of carbonyl (C=O) groups is 1. The molecule has 0 spiro atoms. The van der Waals surface area contributed by atoms with Crippen LogP contribution in [0.2, 0.25) is 0 Å². The lowest BCUT2D eigenvalue weighted by molar-refractivity contribution is 0.102. The maximum absolute atomic E-state index is 12.4. The van der Waals surface area contributed by atoms with Gasteiger partial charge in [-0.1, -0.05) is 6.07 Å². The predicted octanol–water partition coefficient (Wildman–Crippen LogP) is 4.02. The molecular formula is C21H19N5O. The van der Waals surface area contributed by atoms with Gasteiger partial charge in [-0.3, -0.25) is 4.79 Å². The highest BCUT2D eigenvalue weighted by Crippen LogP contribution is 2.18. The first-order valence-electron chi connectivity index (χ1n) is 8.37. The normalized spacial score (nSPS) is 9.96. The number of pyridine rings is 1. The summed E-state index contributed by atoms with van der Waals surface area (Å²) in [6, 6.07) is 20.2. The largest absolute Gasteiger partial charge is 0.378 e. The summed E-state index contributed by atoms with van der Waals surface area (Å²) in [7, 11) is 3.93. The zero-order valence-electron chi connectivity index (χ0n) is 15.1. The Bertz CT molecular complexity index is 973. The van der Waals surface area contributed by atoms with E-state index < -0.39 is 0 Å². The Kier molecular flexibility index (Phi) is 5.33. The van der Waals surface area contributed by atoms with Gasteiger partial charge in [-0.05, 0) is 54.6 Å². The van der Waals surface area contributed by atoms with E-state index in [0.717, 1.165) is 17.1 Å². The minimum Gasteiger partial charge on any atom is -0.378 e. The topological polar surface area (TPSA) is 81.0 Å². The SMILES string of the molecule is CN(C)c1ccc(NC(=O)c2ccc(Nc3cccc(C#N)c3)nc2)cc1. The summed E-state index contributed by atoms with van der Waals surface area (Å²) in [6.45, 7) is 0. The molecule has 6 heteroatoms. The molecule has 1 heterocycles. The van der Waals surface area contributed by atoms with Gasteiger partial charge in [0.15, 0.2) is 0 Å². The lowest BCUT2D eigenvalue weighted by Crippen LogP contribution is -2.13. The molecule has 0 radical (unpaired) electrons. The van der Waals surface area contributed by atoms with Gasteiger partial charge in [-0.25, -0.2) is 4.98 Å². The Morgan fingerprint density at radius 2 is 1.81 bits per heavy atom. The van der Waals surface area contributed by atoms with Gasteiger partial charge < -0.3 is 15.5 Å². The molecule has 2 N–H and O–H groups in total. The number of amides is 1. The molecular weight excluding hydrogens is 338 g/mol. The smallest absolute Gasteiger partial charge is 0.257 e. The van der Waals surface area contributed by atoms with Crippen molar-refractivity contribution in [3.05, 3.63) is 78.0 Å². The summed E-state index contributed by atoms with van der Waals surface area (Å²) in [6.07, 6.45) is 1.51. The highest BCUT2D eigenvalue weighted by atomic mass is 16.1. The highest BCUT2D eigenvalue weighted by molar-refractivity contribution is 6.04. The van der Waals surface area contributed by atoms with Gasteiger partial charge in [0.05, 0.1) is 17.2 Å². The van der Waals surface area contributed by atoms with Crippen LogP contribution >= 0.6 is 0 Å². The zero-order chi connectivity index (χ0) is 19.2. The summed E-state index contributed by atoms with van der Waals surface area (Å²) in [4.78, 5) is 18.6. The van der Waals surface area contributed by atoms with Crippen molar-refractivity contribution in [3.63, 3.8) is 0 Å². The van der Waals surface area contributed by atoms with Gasteiger partial charge in [0, 0.05) is 37.4 Å². The van der Waals surface area contributed by atoms with E-state index in [-0.39, 0.29) is 5.91 Å². The van der Waals surface area contributed by atoms with Gasteiger partial charge in [0.1, 0.15) is 5.82 Å². The first-order valence-corrected chi connectivity index (χ1v) is 8.37. The molecule has 0 aliphatic heterocycles. The molecule has 134 valence electrons. The van der Waals surface area contributed by atoms with E-state index >= 15 is 0 Å². The lowest BCUT2D eigenvalue weighted by Gasteiger charge is -2.13. The molecule has 0 saturated carbocycles. The fraction of sp³-hybridized carbons (Fsp3) is 0.0952. The Balaban J connectivity index is 1.65. The van der Waals surface area contributed by atoms with Crippen molar-refractivity contribution in [2.24, 2.45) is 0 Å². The number of nitrogens with one attached hydrogen (secondary N) is 2. The van der Waals surface area contributed by atoms with Crippen molar-refractivity contribution in [1.82, 2.24) is 4.98 Å². The van der Waals surface area contributed by atoms with Gasteiger partial charge in [-0.2, -0.15) is 5.26 Å². The fourth-order valence-corrected chi connectivity index (χ4v) is 2.46. The number of hydrogen-bond acceptors (Lipinski definition) is 5. The van der Waals surface area contributed by atoms with Gasteiger partial charge in [0.2, 0.25) is 0 Å². The molecule has 0 aliphatic carbocycles. The number of aromatic nitrogens is 1. The third-order valence-electron chi connectivity index (χ3n) is 3.93. The molecule has 6 nitrogen and oxygen atoms in total. The van der Waals surface area contributed by atoms with Crippen LogP contribution in [0.15, 0.2) is 66.9 Å². The first kappa shape index (κ1) is 18.0. The number of rotatable bonds is 5. The molecule has 0 bridgehead atoms. The minimum atomic E-state index is -0.224. The average Bonchev–Trinajstić information content (AvgIpc) is 2.69. The van der Waals surface area contributed by atoms with Crippen LogP contribution in [0, 0.1) is 11.3 Å². The van der Waals surface area contributed by atoms with Crippen molar-refractivity contribution in [2.75, 3.05) is 29.6 Å². The van der Waals surface area contributed by atoms with E-state index in [4.69, 9.17) is 5.26 Å². The van der Waals surface area contributed by atoms with Gasteiger partial charge in [-0.15, -0.1) is 0 Å². The molecule has 0 unspecified atom stereocenters. The van der Waals surface area contributed by atoms with Crippen molar-refractivity contribution in [2.45, 2.75) is 0 Å². The fourth-order valence-electron chi connectivity index (χ4n) is 2.46. The zero-order valence-corrected chi connectivity index (χ0v) is 15.1. The van der Waals surface area contributed by atoms with E-state index in [9.17, 15) is 4.79 Å². The van der Waals surface area contributed by atoms with Crippen molar-refractivity contribution in [3.8, 4) is 6.07 Å². The summed E-state index contributed by atoms with van der Waals surface area (Å²) < 4.78 is 0. The summed E-state index contributed by atoms with van der Waals surface area (Å²) in [5.74, 6) is 0.370. The summed E-state index contributed by atoms with van der Waals surface area (Å²) >= 11 is 0. The number of hydrogen-bond donors (Lipinski definition) is 2. The summed E-state index contributed by atoms with van der Waals surface area (Å²) in [5.41, 5.74) is 3.57. The van der Waals surface area contributed by atoms with Crippen LogP contribution in [0.4, 0.5) is 22.9 Å². The Labute approximate surface area is 158 Å². The monoisotopic (exact) mass is 357 g/mol. The lowest BCUT2D eigenvalue weighted by atomic mass is 10.2. The second-order valence-corrected chi connectivity index (χ2v) is 6.15. The minimum absolute atomic E-state index is 0.224. The van der Waals surface area contributed by atoms with E-state index in [1.54, 1.807) is 30.3 Å².